The molecule has 2 aromatic rings. The van der Waals surface area contributed by atoms with Crippen LogP contribution in [0.1, 0.15) is 18.7 Å². The maximum Gasteiger partial charge on any atom is 0.141 e. The Morgan fingerprint density at radius 3 is 2.72 bits per heavy atom. The first-order chi connectivity index (χ1) is 8.56. The molecule has 0 amide bonds. The number of pyridine rings is 1. The molecule has 0 aliphatic heterocycles. The lowest BCUT2D eigenvalue weighted by molar-refractivity contribution is 0.617. The predicted octanol–water partition coefficient (Wildman–Crippen LogP) is 4.81. The van der Waals surface area contributed by atoms with Gasteiger partial charge in [0.1, 0.15) is 5.82 Å². The second kappa shape index (κ2) is 5.67. The summed E-state index contributed by atoms with van der Waals surface area (Å²) in [6.45, 7) is 1.94. The van der Waals surface area contributed by atoms with E-state index in [2.05, 4.69) is 26.2 Å². The Kier molecular flexibility index (Phi) is 4.19. The fourth-order valence-corrected chi connectivity index (χ4v) is 2.29. The molecule has 5 heteroatoms. The topological polar surface area (TPSA) is 24.9 Å². The molecule has 0 fully saturated rings. The molecule has 0 bridgehead atoms. The van der Waals surface area contributed by atoms with Gasteiger partial charge in [0, 0.05) is 4.47 Å². The number of anilines is 1. The van der Waals surface area contributed by atoms with Gasteiger partial charge in [-0.1, -0.05) is 27.5 Å². The maximum absolute atomic E-state index is 12.8. The Labute approximate surface area is 118 Å². The molecular weight excluding hydrogens is 319 g/mol. The predicted molar refractivity (Wildman–Crippen MR) is 75.4 cm³/mol. The number of nitrogens with one attached hydrogen (secondary N) is 1. The van der Waals surface area contributed by atoms with Gasteiger partial charge in [0.2, 0.25) is 0 Å². The summed E-state index contributed by atoms with van der Waals surface area (Å²) in [4.78, 5) is 4.03. The summed E-state index contributed by atoms with van der Waals surface area (Å²) < 4.78 is 13.7. The SMILES string of the molecule is CC(Nc1ccc(Br)cc1Cl)c1ccc(F)cn1. The van der Waals surface area contributed by atoms with Crippen molar-refractivity contribution < 1.29 is 4.39 Å². The molecule has 0 aliphatic rings. The molecule has 2 rings (SSSR count). The van der Waals surface area contributed by atoms with Gasteiger partial charge in [-0.2, -0.15) is 0 Å². The van der Waals surface area contributed by atoms with Crippen LogP contribution < -0.4 is 5.32 Å². The first-order valence-corrected chi connectivity index (χ1v) is 6.56. The zero-order valence-corrected chi connectivity index (χ0v) is 12.0. The molecule has 0 spiro atoms. The average Bonchev–Trinajstić information content (AvgIpc) is 2.33. The fourth-order valence-electron chi connectivity index (χ4n) is 1.56. The van der Waals surface area contributed by atoms with Crippen molar-refractivity contribution in [2.24, 2.45) is 0 Å². The summed E-state index contributed by atoms with van der Waals surface area (Å²) in [5.41, 5.74) is 1.58. The van der Waals surface area contributed by atoms with E-state index in [9.17, 15) is 4.39 Å². The van der Waals surface area contributed by atoms with Crippen LogP contribution in [0.25, 0.3) is 0 Å². The zero-order valence-electron chi connectivity index (χ0n) is 9.62. The van der Waals surface area contributed by atoms with E-state index in [-0.39, 0.29) is 11.9 Å². The van der Waals surface area contributed by atoms with Gasteiger partial charge in [0.25, 0.3) is 0 Å². The van der Waals surface area contributed by atoms with Gasteiger partial charge in [-0.15, -0.1) is 0 Å². The minimum Gasteiger partial charge on any atom is -0.376 e. The lowest BCUT2D eigenvalue weighted by Crippen LogP contribution is -2.08. The van der Waals surface area contributed by atoms with Crippen LogP contribution in [0.2, 0.25) is 5.02 Å². The number of benzene rings is 1. The van der Waals surface area contributed by atoms with Crippen molar-refractivity contribution in [1.29, 1.82) is 0 Å². The molecule has 1 aromatic heterocycles. The Morgan fingerprint density at radius 2 is 2.11 bits per heavy atom. The van der Waals surface area contributed by atoms with Gasteiger partial charge in [-0.25, -0.2) is 4.39 Å². The highest BCUT2D eigenvalue weighted by Crippen LogP contribution is 2.28. The van der Waals surface area contributed by atoms with Gasteiger partial charge in [0.15, 0.2) is 0 Å². The summed E-state index contributed by atoms with van der Waals surface area (Å²) in [6, 6.07) is 8.59. The molecule has 1 N–H and O–H groups in total. The summed E-state index contributed by atoms with van der Waals surface area (Å²) in [6.07, 6.45) is 1.21. The van der Waals surface area contributed by atoms with E-state index in [4.69, 9.17) is 11.6 Å². The van der Waals surface area contributed by atoms with E-state index in [0.29, 0.717) is 5.02 Å². The second-order valence-electron chi connectivity index (χ2n) is 3.89. The molecular formula is C13H11BrClFN2. The van der Waals surface area contributed by atoms with Crippen molar-refractivity contribution >= 4 is 33.2 Å². The third kappa shape index (κ3) is 3.21. The molecule has 1 atom stereocenters. The van der Waals surface area contributed by atoms with Crippen molar-refractivity contribution in [3.8, 4) is 0 Å². The first kappa shape index (κ1) is 13.3. The molecule has 0 radical (unpaired) electrons. The number of rotatable bonds is 3. The number of nitrogens with zero attached hydrogens (tertiary/aromatic N) is 1. The second-order valence-corrected chi connectivity index (χ2v) is 5.21. The third-order valence-corrected chi connectivity index (χ3v) is 3.30. The summed E-state index contributed by atoms with van der Waals surface area (Å²) in [5, 5.41) is 3.86. The van der Waals surface area contributed by atoms with E-state index in [1.165, 1.54) is 12.3 Å². The van der Waals surface area contributed by atoms with Crippen LogP contribution in [-0.2, 0) is 0 Å². The number of aromatic nitrogens is 1. The molecule has 1 unspecified atom stereocenters. The number of halogens is 3. The quantitative estimate of drug-likeness (QED) is 0.874. The van der Waals surface area contributed by atoms with Crippen LogP contribution in [0.3, 0.4) is 0 Å². The monoisotopic (exact) mass is 328 g/mol. The fraction of sp³-hybridized carbons (Fsp3) is 0.154. The third-order valence-electron chi connectivity index (χ3n) is 2.50. The number of hydrogen-bond donors (Lipinski definition) is 1. The molecule has 0 saturated heterocycles. The number of hydrogen-bond acceptors (Lipinski definition) is 2. The van der Waals surface area contributed by atoms with Crippen molar-refractivity contribution in [1.82, 2.24) is 4.98 Å². The molecule has 0 saturated carbocycles. The van der Waals surface area contributed by atoms with Crippen LogP contribution in [0, 0.1) is 5.82 Å². The Hall–Kier alpha value is -1.13. The van der Waals surface area contributed by atoms with Gasteiger partial charge in [-0.3, -0.25) is 4.98 Å². The normalized spacial score (nSPS) is 12.2. The van der Waals surface area contributed by atoms with Crippen molar-refractivity contribution in [3.05, 3.63) is 57.5 Å². The maximum atomic E-state index is 12.8. The molecule has 94 valence electrons. The minimum atomic E-state index is -0.340. The van der Waals surface area contributed by atoms with Crippen LogP contribution in [0.4, 0.5) is 10.1 Å². The van der Waals surface area contributed by atoms with E-state index < -0.39 is 0 Å². The lowest BCUT2D eigenvalue weighted by Gasteiger charge is -2.16. The van der Waals surface area contributed by atoms with Crippen LogP contribution >= 0.6 is 27.5 Å². The summed E-state index contributed by atoms with van der Waals surface area (Å²) >= 11 is 9.46. The van der Waals surface area contributed by atoms with E-state index >= 15 is 0 Å². The van der Waals surface area contributed by atoms with Crippen molar-refractivity contribution in [2.75, 3.05) is 5.32 Å². The largest absolute Gasteiger partial charge is 0.376 e. The standard InChI is InChI=1S/C13H11BrClFN2/c1-8(12-5-3-10(16)7-17-12)18-13-4-2-9(14)6-11(13)15/h2-8,18H,1H3. The highest BCUT2D eigenvalue weighted by atomic mass is 79.9. The molecule has 1 aromatic carbocycles. The van der Waals surface area contributed by atoms with Crippen LogP contribution in [-0.4, -0.2) is 4.98 Å². The molecule has 1 heterocycles. The Morgan fingerprint density at radius 1 is 1.33 bits per heavy atom. The summed E-state index contributed by atoms with van der Waals surface area (Å²) in [5.74, 6) is -0.340. The van der Waals surface area contributed by atoms with Crippen LogP contribution in [0.15, 0.2) is 41.0 Å². The zero-order chi connectivity index (χ0) is 13.1. The van der Waals surface area contributed by atoms with Gasteiger partial charge < -0.3 is 5.32 Å². The molecule has 0 aliphatic carbocycles. The van der Waals surface area contributed by atoms with Gasteiger partial charge in [-0.05, 0) is 37.3 Å². The van der Waals surface area contributed by atoms with Crippen molar-refractivity contribution in [2.45, 2.75) is 13.0 Å². The van der Waals surface area contributed by atoms with Crippen molar-refractivity contribution in [3.63, 3.8) is 0 Å². The minimum absolute atomic E-state index is 0.0516. The Bertz CT molecular complexity index is 545. The van der Waals surface area contributed by atoms with Gasteiger partial charge in [0.05, 0.1) is 28.6 Å². The average molecular weight is 330 g/mol. The Balaban J connectivity index is 2.15. The van der Waals surface area contributed by atoms with Crippen LogP contribution in [0.5, 0.6) is 0 Å². The lowest BCUT2D eigenvalue weighted by atomic mass is 10.2. The smallest absolute Gasteiger partial charge is 0.141 e. The highest BCUT2D eigenvalue weighted by Gasteiger charge is 2.09. The van der Waals surface area contributed by atoms with E-state index in [1.54, 1.807) is 6.07 Å². The molecule has 18 heavy (non-hydrogen) atoms. The highest BCUT2D eigenvalue weighted by molar-refractivity contribution is 9.10. The van der Waals surface area contributed by atoms with Gasteiger partial charge >= 0.3 is 0 Å². The molecule has 2 nitrogen and oxygen atoms in total. The first-order valence-electron chi connectivity index (χ1n) is 5.39. The summed E-state index contributed by atoms with van der Waals surface area (Å²) in [7, 11) is 0. The van der Waals surface area contributed by atoms with E-state index in [1.807, 2.05) is 25.1 Å². The van der Waals surface area contributed by atoms with E-state index in [0.717, 1.165) is 15.9 Å².